The van der Waals surface area contributed by atoms with Crippen molar-refractivity contribution in [2.75, 3.05) is 19.7 Å². The van der Waals surface area contributed by atoms with Gasteiger partial charge >= 0.3 is 0 Å². The number of hydrogen-bond donors (Lipinski definition) is 0. The van der Waals surface area contributed by atoms with Crippen LogP contribution in [-0.2, 0) is 17.6 Å². The van der Waals surface area contributed by atoms with Crippen LogP contribution in [0.1, 0.15) is 31.2 Å². The number of nitrogens with zero attached hydrogens (tertiary/aromatic N) is 5. The van der Waals surface area contributed by atoms with E-state index in [2.05, 4.69) is 20.1 Å². The first-order valence-electron chi connectivity index (χ1n) is 10.3. The summed E-state index contributed by atoms with van der Waals surface area (Å²) in [6.45, 7) is 4.10. The van der Waals surface area contributed by atoms with Gasteiger partial charge in [0.15, 0.2) is 0 Å². The van der Waals surface area contributed by atoms with Crippen LogP contribution in [0.25, 0.3) is 11.5 Å². The molecule has 0 radical (unpaired) electrons. The van der Waals surface area contributed by atoms with Crippen LogP contribution in [0.4, 0.5) is 0 Å². The molecule has 0 bridgehead atoms. The second-order valence-electron chi connectivity index (χ2n) is 7.38. The van der Waals surface area contributed by atoms with Gasteiger partial charge in [-0.25, -0.2) is 4.98 Å². The Morgan fingerprint density at radius 1 is 1.20 bits per heavy atom. The molecule has 8 heteroatoms. The number of aromatic nitrogens is 4. The van der Waals surface area contributed by atoms with Gasteiger partial charge in [-0.15, -0.1) is 0 Å². The molecule has 3 aromatic rings. The molecule has 2 aromatic heterocycles. The summed E-state index contributed by atoms with van der Waals surface area (Å²) in [6.07, 6.45) is 7.82. The summed E-state index contributed by atoms with van der Waals surface area (Å²) < 4.78 is 10.8. The maximum absolute atomic E-state index is 12.6. The van der Waals surface area contributed by atoms with E-state index < -0.39 is 0 Å². The normalized spacial score (nSPS) is 14.6. The molecule has 0 N–H and O–H groups in total. The van der Waals surface area contributed by atoms with Crippen molar-refractivity contribution in [2.24, 2.45) is 5.92 Å². The number of ether oxygens (including phenoxy) is 1. The minimum absolute atomic E-state index is 0.167. The fourth-order valence-corrected chi connectivity index (χ4v) is 3.65. The fourth-order valence-electron chi connectivity index (χ4n) is 3.65. The van der Waals surface area contributed by atoms with E-state index in [1.165, 1.54) is 0 Å². The molecule has 3 heterocycles. The lowest BCUT2D eigenvalue weighted by Gasteiger charge is -2.31. The molecule has 1 aliphatic rings. The Bertz CT molecular complexity index is 950. The third kappa shape index (κ3) is 5.00. The highest BCUT2D eigenvalue weighted by Gasteiger charge is 2.24. The number of carbonyl (C=O) groups is 1. The van der Waals surface area contributed by atoms with Crippen LogP contribution in [0.15, 0.2) is 47.4 Å². The molecule has 1 saturated heterocycles. The summed E-state index contributed by atoms with van der Waals surface area (Å²) in [6, 6.07) is 7.75. The molecule has 156 valence electrons. The van der Waals surface area contributed by atoms with Crippen LogP contribution in [0, 0.1) is 5.92 Å². The molecule has 1 fully saturated rings. The first-order chi connectivity index (χ1) is 14.7. The van der Waals surface area contributed by atoms with Crippen LogP contribution >= 0.6 is 0 Å². The van der Waals surface area contributed by atoms with Gasteiger partial charge in [0.05, 0.1) is 19.2 Å². The summed E-state index contributed by atoms with van der Waals surface area (Å²) in [7, 11) is 0. The van der Waals surface area contributed by atoms with Gasteiger partial charge in [0.1, 0.15) is 11.4 Å². The van der Waals surface area contributed by atoms with E-state index in [-0.39, 0.29) is 5.91 Å². The number of piperidine rings is 1. The quantitative estimate of drug-likeness (QED) is 0.594. The van der Waals surface area contributed by atoms with Crippen LogP contribution in [0.5, 0.6) is 5.75 Å². The average molecular weight is 407 g/mol. The van der Waals surface area contributed by atoms with Gasteiger partial charge in [-0.2, -0.15) is 4.98 Å². The number of rotatable bonds is 7. The van der Waals surface area contributed by atoms with Crippen molar-refractivity contribution in [2.45, 2.75) is 32.6 Å². The molecule has 0 unspecified atom stereocenters. The predicted molar refractivity (Wildman–Crippen MR) is 110 cm³/mol. The molecule has 1 amide bonds. The van der Waals surface area contributed by atoms with E-state index >= 15 is 0 Å². The molecule has 30 heavy (non-hydrogen) atoms. The zero-order valence-corrected chi connectivity index (χ0v) is 17.0. The lowest BCUT2D eigenvalue weighted by molar-refractivity contribution is -0.131. The Labute approximate surface area is 175 Å². The van der Waals surface area contributed by atoms with Crippen molar-refractivity contribution in [3.63, 3.8) is 0 Å². The van der Waals surface area contributed by atoms with Gasteiger partial charge in [-0.3, -0.25) is 9.78 Å². The second-order valence-corrected chi connectivity index (χ2v) is 7.38. The van der Waals surface area contributed by atoms with Crippen molar-refractivity contribution < 1.29 is 14.1 Å². The monoisotopic (exact) mass is 407 g/mol. The second kappa shape index (κ2) is 9.47. The van der Waals surface area contributed by atoms with E-state index in [1.54, 1.807) is 18.6 Å². The fraction of sp³-hybridized carbons (Fsp3) is 0.409. The largest absolute Gasteiger partial charge is 0.494 e. The predicted octanol–water partition coefficient (Wildman–Crippen LogP) is 2.95. The Kier molecular flexibility index (Phi) is 6.32. The molecule has 1 aromatic carbocycles. The van der Waals surface area contributed by atoms with E-state index in [9.17, 15) is 4.79 Å². The number of likely N-dealkylation sites (tertiary alicyclic amines) is 1. The molecular formula is C22H25N5O3. The van der Waals surface area contributed by atoms with Crippen molar-refractivity contribution in [1.82, 2.24) is 25.0 Å². The lowest BCUT2D eigenvalue weighted by atomic mass is 9.93. The Hall–Kier alpha value is -3.29. The van der Waals surface area contributed by atoms with Crippen molar-refractivity contribution in [3.05, 3.63) is 54.3 Å². The maximum atomic E-state index is 12.6. The van der Waals surface area contributed by atoms with Crippen LogP contribution in [0.2, 0.25) is 0 Å². The number of benzene rings is 1. The van der Waals surface area contributed by atoms with Crippen molar-refractivity contribution >= 4 is 5.91 Å². The number of hydrogen-bond acceptors (Lipinski definition) is 7. The van der Waals surface area contributed by atoms with E-state index in [4.69, 9.17) is 9.26 Å². The zero-order valence-electron chi connectivity index (χ0n) is 17.0. The summed E-state index contributed by atoms with van der Waals surface area (Å²) in [4.78, 5) is 27.2. The third-order valence-electron chi connectivity index (χ3n) is 5.28. The first kappa shape index (κ1) is 20.0. The molecule has 0 atom stereocenters. The van der Waals surface area contributed by atoms with Crippen LogP contribution < -0.4 is 4.74 Å². The van der Waals surface area contributed by atoms with Crippen molar-refractivity contribution in [3.8, 4) is 17.3 Å². The Morgan fingerprint density at radius 3 is 2.70 bits per heavy atom. The third-order valence-corrected chi connectivity index (χ3v) is 5.28. The molecule has 4 rings (SSSR count). The molecule has 0 saturated carbocycles. The molecule has 8 nitrogen and oxygen atoms in total. The molecule has 1 aliphatic heterocycles. The van der Waals surface area contributed by atoms with E-state index in [0.717, 1.165) is 37.2 Å². The lowest BCUT2D eigenvalue weighted by Crippen LogP contribution is -2.39. The van der Waals surface area contributed by atoms with Crippen LogP contribution in [-0.4, -0.2) is 50.6 Å². The highest BCUT2D eigenvalue weighted by molar-refractivity contribution is 5.78. The van der Waals surface area contributed by atoms with Gasteiger partial charge in [-0.1, -0.05) is 17.3 Å². The van der Waals surface area contributed by atoms with Gasteiger partial charge < -0.3 is 14.2 Å². The minimum Gasteiger partial charge on any atom is -0.494 e. The van der Waals surface area contributed by atoms with Gasteiger partial charge in [-0.05, 0) is 43.4 Å². The summed E-state index contributed by atoms with van der Waals surface area (Å²) in [5.41, 5.74) is 1.61. The summed E-state index contributed by atoms with van der Waals surface area (Å²) >= 11 is 0. The van der Waals surface area contributed by atoms with Crippen LogP contribution in [0.3, 0.4) is 0 Å². The van der Waals surface area contributed by atoms with Gasteiger partial charge in [0.2, 0.25) is 17.6 Å². The van der Waals surface area contributed by atoms with Gasteiger partial charge in [0, 0.05) is 31.9 Å². The SMILES string of the molecule is CCOc1ccc(CC(=O)N2CCC(Cc3nc(-c4cnccn4)no3)CC2)cc1. The smallest absolute Gasteiger partial charge is 0.227 e. The number of carbonyl (C=O) groups excluding carboxylic acids is 1. The highest BCUT2D eigenvalue weighted by atomic mass is 16.5. The highest BCUT2D eigenvalue weighted by Crippen LogP contribution is 2.23. The first-order valence-corrected chi connectivity index (χ1v) is 10.3. The van der Waals surface area contributed by atoms with Crippen molar-refractivity contribution in [1.29, 1.82) is 0 Å². The van der Waals surface area contributed by atoms with Gasteiger partial charge in [0.25, 0.3) is 0 Å². The maximum Gasteiger partial charge on any atom is 0.227 e. The molecule has 0 spiro atoms. The summed E-state index contributed by atoms with van der Waals surface area (Å²) in [5.74, 6) is 2.49. The average Bonchev–Trinajstić information content (AvgIpc) is 3.25. The molecule has 0 aliphatic carbocycles. The van der Waals surface area contributed by atoms with E-state index in [0.29, 0.717) is 42.8 Å². The standard InChI is InChI=1S/C22H25N5O3/c1-2-29-18-5-3-16(4-6-18)14-21(28)27-11-7-17(8-12-27)13-20-25-22(26-30-20)19-15-23-9-10-24-19/h3-6,9-10,15,17H,2,7-8,11-14H2,1H3. The molecular weight excluding hydrogens is 382 g/mol. The summed E-state index contributed by atoms with van der Waals surface area (Å²) in [5, 5.41) is 4.00. The topological polar surface area (TPSA) is 94.2 Å². The Balaban J connectivity index is 1.25. The Morgan fingerprint density at radius 2 is 2.00 bits per heavy atom. The van der Waals surface area contributed by atoms with E-state index in [1.807, 2.05) is 36.1 Å². The minimum atomic E-state index is 0.167. The zero-order chi connectivity index (χ0) is 20.8. The number of amides is 1.